The summed E-state index contributed by atoms with van der Waals surface area (Å²) in [5.74, 6) is 1.39. The van der Waals surface area contributed by atoms with E-state index in [1.54, 1.807) is 12.4 Å². The first-order valence-corrected chi connectivity index (χ1v) is 5.76. The van der Waals surface area contributed by atoms with Crippen molar-refractivity contribution in [1.29, 1.82) is 0 Å². The van der Waals surface area contributed by atoms with Crippen LogP contribution in [0.3, 0.4) is 0 Å². The highest BCUT2D eigenvalue weighted by Gasteiger charge is 2.12. The Morgan fingerprint density at radius 1 is 1.25 bits per heavy atom. The molecule has 1 atom stereocenters. The average Bonchev–Trinajstić information content (AvgIpc) is 2.16. The molecule has 0 saturated heterocycles. The topological polar surface area (TPSA) is 41.0 Å². The molecule has 0 aliphatic heterocycles. The first-order valence-electron chi connectivity index (χ1n) is 5.76. The van der Waals surface area contributed by atoms with Crippen LogP contribution in [0, 0.1) is 5.92 Å². The van der Waals surface area contributed by atoms with Crippen molar-refractivity contribution in [2.75, 3.05) is 26.0 Å². The number of anilines is 1. The Labute approximate surface area is 98.1 Å². The van der Waals surface area contributed by atoms with E-state index in [0.29, 0.717) is 12.0 Å². The minimum Gasteiger partial charge on any atom is -0.350 e. The van der Waals surface area contributed by atoms with Crippen molar-refractivity contribution in [3.8, 4) is 0 Å². The van der Waals surface area contributed by atoms with E-state index in [9.17, 15) is 0 Å². The quantitative estimate of drug-likeness (QED) is 0.797. The molecule has 1 rings (SSSR count). The van der Waals surface area contributed by atoms with Gasteiger partial charge in [-0.2, -0.15) is 0 Å². The first kappa shape index (κ1) is 12.9. The zero-order valence-electron chi connectivity index (χ0n) is 10.6. The summed E-state index contributed by atoms with van der Waals surface area (Å²) in [4.78, 5) is 10.6. The van der Waals surface area contributed by atoms with Crippen LogP contribution >= 0.6 is 0 Å². The molecule has 0 spiro atoms. The summed E-state index contributed by atoms with van der Waals surface area (Å²) in [6.45, 7) is 5.46. The van der Waals surface area contributed by atoms with Gasteiger partial charge in [0.25, 0.3) is 0 Å². The predicted molar refractivity (Wildman–Crippen MR) is 67.5 cm³/mol. The van der Waals surface area contributed by atoms with Crippen molar-refractivity contribution in [3.05, 3.63) is 18.5 Å². The van der Waals surface area contributed by atoms with Gasteiger partial charge >= 0.3 is 0 Å². The van der Waals surface area contributed by atoms with E-state index >= 15 is 0 Å². The second-order valence-corrected chi connectivity index (χ2v) is 4.81. The fourth-order valence-electron chi connectivity index (χ4n) is 1.75. The van der Waals surface area contributed by atoms with Crippen molar-refractivity contribution in [1.82, 2.24) is 14.9 Å². The van der Waals surface area contributed by atoms with Crippen LogP contribution in [0.15, 0.2) is 18.5 Å². The third-order valence-corrected chi connectivity index (χ3v) is 2.24. The molecular weight excluding hydrogens is 200 g/mol. The lowest BCUT2D eigenvalue weighted by molar-refractivity contribution is 0.355. The van der Waals surface area contributed by atoms with Crippen LogP contribution in [0.2, 0.25) is 0 Å². The van der Waals surface area contributed by atoms with Gasteiger partial charge in [0.05, 0.1) is 0 Å². The number of nitrogens with zero attached hydrogens (tertiary/aromatic N) is 3. The minimum absolute atomic E-state index is 0.400. The van der Waals surface area contributed by atoms with Gasteiger partial charge in [0.15, 0.2) is 0 Å². The highest BCUT2D eigenvalue weighted by atomic mass is 15.2. The third kappa shape index (κ3) is 5.07. The van der Waals surface area contributed by atoms with E-state index in [1.807, 2.05) is 6.07 Å². The lowest BCUT2D eigenvalue weighted by atomic mass is 10.0. The summed E-state index contributed by atoms with van der Waals surface area (Å²) < 4.78 is 0. The average molecular weight is 222 g/mol. The Hall–Kier alpha value is -1.16. The molecular formula is C12H22N4. The predicted octanol–water partition coefficient (Wildman–Crippen LogP) is 1.86. The minimum atomic E-state index is 0.400. The fourth-order valence-corrected chi connectivity index (χ4v) is 1.75. The molecule has 4 nitrogen and oxygen atoms in total. The van der Waals surface area contributed by atoms with Gasteiger partial charge in [-0.1, -0.05) is 13.8 Å². The van der Waals surface area contributed by atoms with Crippen molar-refractivity contribution in [2.24, 2.45) is 5.92 Å². The molecule has 4 heteroatoms. The van der Waals surface area contributed by atoms with Crippen LogP contribution in [-0.4, -0.2) is 41.5 Å². The van der Waals surface area contributed by atoms with Crippen LogP contribution in [0.25, 0.3) is 0 Å². The lowest BCUT2D eigenvalue weighted by Crippen LogP contribution is -2.34. The summed E-state index contributed by atoms with van der Waals surface area (Å²) >= 11 is 0. The van der Waals surface area contributed by atoms with E-state index in [0.717, 1.165) is 18.9 Å². The third-order valence-electron chi connectivity index (χ3n) is 2.24. The van der Waals surface area contributed by atoms with Gasteiger partial charge in [-0.3, -0.25) is 0 Å². The monoisotopic (exact) mass is 222 g/mol. The standard InChI is InChI=1S/C12H22N4/c1-10(2)8-11(9-16(3)4)15-12-13-6-5-7-14-12/h5-7,10-11H,8-9H2,1-4H3,(H,13,14,15). The molecule has 0 radical (unpaired) electrons. The van der Waals surface area contributed by atoms with Gasteiger partial charge in [0.1, 0.15) is 0 Å². The van der Waals surface area contributed by atoms with Gasteiger partial charge in [-0.25, -0.2) is 9.97 Å². The molecule has 0 saturated carbocycles. The zero-order valence-corrected chi connectivity index (χ0v) is 10.6. The molecule has 16 heavy (non-hydrogen) atoms. The molecule has 1 heterocycles. The number of likely N-dealkylation sites (N-methyl/N-ethyl adjacent to an activating group) is 1. The Kier molecular flexibility index (Phi) is 5.19. The van der Waals surface area contributed by atoms with E-state index in [4.69, 9.17) is 0 Å². The van der Waals surface area contributed by atoms with Crippen molar-refractivity contribution in [2.45, 2.75) is 26.3 Å². The molecule has 0 bridgehead atoms. The van der Waals surface area contributed by atoms with Crippen LogP contribution in [0.4, 0.5) is 5.95 Å². The smallest absolute Gasteiger partial charge is 0.222 e. The fraction of sp³-hybridized carbons (Fsp3) is 0.667. The highest BCUT2D eigenvalue weighted by molar-refractivity contribution is 5.24. The zero-order chi connectivity index (χ0) is 12.0. The molecule has 0 amide bonds. The second kappa shape index (κ2) is 6.43. The molecule has 1 N–H and O–H groups in total. The van der Waals surface area contributed by atoms with Gasteiger partial charge < -0.3 is 10.2 Å². The molecule has 1 aromatic heterocycles. The molecule has 0 aliphatic carbocycles. The maximum Gasteiger partial charge on any atom is 0.222 e. The first-order chi connectivity index (χ1) is 7.58. The maximum absolute atomic E-state index is 4.19. The molecule has 0 aromatic carbocycles. The number of hydrogen-bond acceptors (Lipinski definition) is 4. The van der Waals surface area contributed by atoms with Gasteiger partial charge in [-0.05, 0) is 32.5 Å². The number of aromatic nitrogens is 2. The summed E-state index contributed by atoms with van der Waals surface area (Å²) in [5, 5.41) is 3.38. The maximum atomic E-state index is 4.19. The Balaban J connectivity index is 2.56. The highest BCUT2D eigenvalue weighted by Crippen LogP contribution is 2.09. The normalized spacial score (nSPS) is 13.1. The Bertz CT molecular complexity index is 274. The van der Waals surface area contributed by atoms with Gasteiger partial charge in [-0.15, -0.1) is 0 Å². The van der Waals surface area contributed by atoms with Gasteiger partial charge in [0, 0.05) is 25.0 Å². The van der Waals surface area contributed by atoms with Gasteiger partial charge in [0.2, 0.25) is 5.95 Å². The van der Waals surface area contributed by atoms with Crippen molar-refractivity contribution in [3.63, 3.8) is 0 Å². The number of nitrogens with one attached hydrogen (secondary N) is 1. The van der Waals surface area contributed by atoms with Crippen molar-refractivity contribution < 1.29 is 0 Å². The second-order valence-electron chi connectivity index (χ2n) is 4.81. The summed E-state index contributed by atoms with van der Waals surface area (Å²) in [5.41, 5.74) is 0. The lowest BCUT2D eigenvalue weighted by Gasteiger charge is -2.23. The van der Waals surface area contributed by atoms with E-state index < -0.39 is 0 Å². The van der Waals surface area contributed by atoms with Crippen LogP contribution < -0.4 is 5.32 Å². The molecule has 90 valence electrons. The van der Waals surface area contributed by atoms with E-state index in [-0.39, 0.29) is 0 Å². The summed E-state index contributed by atoms with van der Waals surface area (Å²) in [6, 6.07) is 2.23. The number of rotatable bonds is 6. The SMILES string of the molecule is CC(C)CC(CN(C)C)Nc1ncccn1. The van der Waals surface area contributed by atoms with Crippen LogP contribution in [0.5, 0.6) is 0 Å². The van der Waals surface area contributed by atoms with E-state index in [1.165, 1.54) is 0 Å². The summed E-state index contributed by atoms with van der Waals surface area (Å²) in [7, 11) is 4.17. The number of hydrogen-bond donors (Lipinski definition) is 1. The van der Waals surface area contributed by atoms with E-state index in [2.05, 4.69) is 48.1 Å². The largest absolute Gasteiger partial charge is 0.350 e. The molecule has 1 aromatic rings. The summed E-state index contributed by atoms with van der Waals surface area (Å²) in [6.07, 6.45) is 4.64. The Morgan fingerprint density at radius 2 is 1.88 bits per heavy atom. The molecule has 1 unspecified atom stereocenters. The molecule has 0 aliphatic rings. The van der Waals surface area contributed by atoms with Crippen LogP contribution in [-0.2, 0) is 0 Å². The Morgan fingerprint density at radius 3 is 2.38 bits per heavy atom. The van der Waals surface area contributed by atoms with Crippen molar-refractivity contribution >= 4 is 5.95 Å². The molecule has 0 fully saturated rings. The van der Waals surface area contributed by atoms with Crippen LogP contribution in [0.1, 0.15) is 20.3 Å².